The molecule has 1 saturated carbocycles. The fraction of sp³-hybridized carbons (Fsp3) is 0.541. The number of nitrogens with zero attached hydrogens (tertiary/aromatic N) is 4. The normalized spacial score (nSPS) is 18.3. The minimum absolute atomic E-state index is 0.110. The number of nitriles is 1. The van der Waals surface area contributed by atoms with Gasteiger partial charge in [-0.3, -0.25) is 5.32 Å². The first-order chi connectivity index (χ1) is 23.8. The number of aliphatic carboxylic acids is 1. The Balaban J connectivity index is 0.000000295. The van der Waals surface area contributed by atoms with E-state index in [-0.39, 0.29) is 18.5 Å². The van der Waals surface area contributed by atoms with Crippen LogP contribution in [0, 0.1) is 18.3 Å². The molecule has 272 valence electrons. The lowest BCUT2D eigenvalue weighted by atomic mass is 10.1. The van der Waals surface area contributed by atoms with Gasteiger partial charge in [0.05, 0.1) is 34.0 Å². The molecular weight excluding hydrogens is 667 g/mol. The second-order valence-electron chi connectivity index (χ2n) is 13.3. The van der Waals surface area contributed by atoms with Gasteiger partial charge in [-0.2, -0.15) is 23.5 Å². The molecule has 2 heterocycles. The molecule has 2 N–H and O–H groups in total. The molecule has 9 nitrogen and oxygen atoms in total. The van der Waals surface area contributed by atoms with Gasteiger partial charge in [0.1, 0.15) is 17.4 Å². The average Bonchev–Trinajstić information content (AvgIpc) is 3.56. The minimum Gasteiger partial charge on any atom is -0.480 e. The van der Waals surface area contributed by atoms with E-state index in [2.05, 4.69) is 23.4 Å². The van der Waals surface area contributed by atoms with Crippen molar-refractivity contribution in [3.63, 3.8) is 0 Å². The summed E-state index contributed by atoms with van der Waals surface area (Å²) >= 11 is 0. The van der Waals surface area contributed by atoms with Crippen molar-refractivity contribution in [1.29, 1.82) is 5.26 Å². The van der Waals surface area contributed by atoms with Crippen LogP contribution in [0.25, 0.3) is 0 Å². The zero-order valence-electron chi connectivity index (χ0n) is 28.8. The van der Waals surface area contributed by atoms with E-state index in [4.69, 9.17) is 5.26 Å². The largest absolute Gasteiger partial charge is 0.480 e. The predicted molar refractivity (Wildman–Crippen MR) is 187 cm³/mol. The van der Waals surface area contributed by atoms with Crippen molar-refractivity contribution in [2.24, 2.45) is 0 Å². The molecule has 1 aliphatic carbocycles. The molecular formula is C37H48F3N5O4S. The van der Waals surface area contributed by atoms with E-state index in [0.717, 1.165) is 37.1 Å². The number of aromatic nitrogens is 2. The third-order valence-electron chi connectivity index (χ3n) is 9.29. The van der Waals surface area contributed by atoms with E-state index in [9.17, 15) is 31.5 Å². The lowest BCUT2D eigenvalue weighted by Gasteiger charge is -2.24. The molecule has 0 unspecified atom stereocenters. The molecule has 13 heteroatoms. The van der Waals surface area contributed by atoms with Crippen molar-refractivity contribution in [3.8, 4) is 6.07 Å². The molecule has 50 heavy (non-hydrogen) atoms. The Labute approximate surface area is 293 Å². The highest BCUT2D eigenvalue weighted by Crippen LogP contribution is 2.39. The molecule has 2 atom stereocenters. The fourth-order valence-electron chi connectivity index (χ4n) is 6.31. The smallest absolute Gasteiger partial charge is 0.417 e. The minimum atomic E-state index is -4.86. The van der Waals surface area contributed by atoms with Crippen LogP contribution in [0.5, 0.6) is 0 Å². The third-order valence-corrected chi connectivity index (χ3v) is 11.5. The van der Waals surface area contributed by atoms with Crippen LogP contribution >= 0.6 is 0 Å². The number of aryl methyl sites for hydroxylation is 1. The van der Waals surface area contributed by atoms with Gasteiger partial charge in [0.15, 0.2) is 9.84 Å². The summed E-state index contributed by atoms with van der Waals surface area (Å²) in [6, 6.07) is 16.1. The number of halogens is 3. The molecule has 1 saturated heterocycles. The van der Waals surface area contributed by atoms with Gasteiger partial charge in [-0.1, -0.05) is 94.3 Å². The van der Waals surface area contributed by atoms with Crippen molar-refractivity contribution < 1.29 is 31.5 Å². The lowest BCUT2D eigenvalue weighted by molar-refractivity contribution is -0.140. The van der Waals surface area contributed by atoms with Gasteiger partial charge >= 0.3 is 12.1 Å². The van der Waals surface area contributed by atoms with Gasteiger partial charge in [0, 0.05) is 12.6 Å². The molecule has 1 aromatic heterocycles. The van der Waals surface area contributed by atoms with Crippen LogP contribution < -0.4 is 10.2 Å². The summed E-state index contributed by atoms with van der Waals surface area (Å²) in [4.78, 5) is 12.6. The summed E-state index contributed by atoms with van der Waals surface area (Å²) in [7, 11) is -4.48. The fourth-order valence-corrected chi connectivity index (χ4v) is 8.22. The third kappa shape index (κ3) is 10.3. The molecule has 0 radical (unpaired) electrons. The molecule has 1 aliphatic heterocycles. The van der Waals surface area contributed by atoms with E-state index in [1.165, 1.54) is 62.3 Å². The molecule has 0 amide bonds. The summed E-state index contributed by atoms with van der Waals surface area (Å²) in [5.74, 6) is -0.859. The standard InChI is InChI=1S/C23H22F3N3O4S.C14H26N2/c1-15-11-21(29(27-15)13-16-7-3-2-4-8-16)28-14-17(12-19(28)22(30)31)34(32,33)20-10-6-5-9-18(20)23(24,25)26;1-2-3-4-5-6-7-8-9-12-16-14(13-15)10-11-14/h2-11,17,19H,12-14H2,1H3,(H,30,31);16H,2-12H2,1H3/t17-,19+;/m1./s1. The van der Waals surface area contributed by atoms with E-state index < -0.39 is 43.7 Å². The van der Waals surface area contributed by atoms with Gasteiger partial charge in [-0.05, 0) is 56.8 Å². The Bertz CT molecular complexity index is 1700. The highest BCUT2D eigenvalue weighted by Gasteiger charge is 2.47. The van der Waals surface area contributed by atoms with Gasteiger partial charge in [-0.15, -0.1) is 0 Å². The van der Waals surface area contributed by atoms with Crippen molar-refractivity contribution in [3.05, 3.63) is 77.5 Å². The number of carboxylic acids is 1. The van der Waals surface area contributed by atoms with Crippen molar-refractivity contribution in [2.75, 3.05) is 18.0 Å². The number of rotatable bonds is 16. The van der Waals surface area contributed by atoms with Crippen LogP contribution in [0.4, 0.5) is 19.0 Å². The van der Waals surface area contributed by atoms with Crippen molar-refractivity contribution in [1.82, 2.24) is 15.1 Å². The Morgan fingerprint density at radius 1 is 1.02 bits per heavy atom. The number of sulfone groups is 1. The summed E-state index contributed by atoms with van der Waals surface area (Å²) in [6.45, 7) is 5.06. The molecule has 5 rings (SSSR count). The first-order valence-corrected chi connectivity index (χ1v) is 19.0. The number of carboxylic acid groups (broad SMARTS) is 1. The maximum Gasteiger partial charge on any atom is 0.417 e. The number of nitrogens with one attached hydrogen (secondary N) is 1. The second kappa shape index (κ2) is 17.4. The van der Waals surface area contributed by atoms with Gasteiger partial charge in [-0.25, -0.2) is 17.9 Å². The molecule has 2 aliphatic rings. The molecule has 3 aromatic rings. The zero-order valence-corrected chi connectivity index (χ0v) is 29.6. The van der Waals surface area contributed by atoms with Crippen LogP contribution in [0.1, 0.15) is 94.4 Å². The summed E-state index contributed by atoms with van der Waals surface area (Å²) in [5, 5.41) is 25.1. The summed E-state index contributed by atoms with van der Waals surface area (Å²) in [5.41, 5.74) is 0.136. The Kier molecular flexibility index (Phi) is 13.5. The maximum absolute atomic E-state index is 13.5. The second-order valence-corrected chi connectivity index (χ2v) is 15.5. The first-order valence-electron chi connectivity index (χ1n) is 17.5. The Morgan fingerprint density at radius 2 is 1.64 bits per heavy atom. The van der Waals surface area contributed by atoms with E-state index in [1.807, 2.05) is 30.3 Å². The highest BCUT2D eigenvalue weighted by atomic mass is 32.2. The summed E-state index contributed by atoms with van der Waals surface area (Å²) in [6.07, 6.45) is 7.76. The number of alkyl halides is 3. The van der Waals surface area contributed by atoms with E-state index in [1.54, 1.807) is 17.7 Å². The Hall–Kier alpha value is -3.89. The lowest BCUT2D eigenvalue weighted by Crippen LogP contribution is -2.37. The number of anilines is 1. The van der Waals surface area contributed by atoms with E-state index >= 15 is 0 Å². The SMILES string of the molecule is CCCCCCCCCCNC1(C#N)CC1.Cc1cc(N2C[C@H](S(=O)(=O)c3ccccc3C(F)(F)F)C[C@H]2C(=O)O)n(Cc2ccccc2)n1. The molecule has 0 spiro atoms. The van der Waals surface area contributed by atoms with Gasteiger partial charge in [0.25, 0.3) is 0 Å². The molecule has 2 aromatic carbocycles. The Morgan fingerprint density at radius 3 is 2.24 bits per heavy atom. The monoisotopic (exact) mass is 715 g/mol. The first kappa shape index (κ1) is 38.9. The summed E-state index contributed by atoms with van der Waals surface area (Å²) < 4.78 is 68.6. The number of hydrogen-bond donors (Lipinski definition) is 2. The van der Waals surface area contributed by atoms with Crippen LogP contribution in [-0.2, 0) is 27.4 Å². The van der Waals surface area contributed by atoms with Gasteiger partial charge < -0.3 is 10.0 Å². The predicted octanol–water partition coefficient (Wildman–Crippen LogP) is 7.54. The number of benzene rings is 2. The molecule has 0 bridgehead atoms. The van der Waals surface area contributed by atoms with Crippen molar-refractivity contribution in [2.45, 2.75) is 119 Å². The number of hydrogen-bond acceptors (Lipinski definition) is 7. The quantitative estimate of drug-likeness (QED) is 0.146. The maximum atomic E-state index is 13.5. The molecule has 2 fully saturated rings. The van der Waals surface area contributed by atoms with Crippen LogP contribution in [0.3, 0.4) is 0 Å². The van der Waals surface area contributed by atoms with Crippen LogP contribution in [0.2, 0.25) is 0 Å². The number of unbranched alkanes of at least 4 members (excludes halogenated alkanes) is 7. The topological polar surface area (TPSA) is 128 Å². The highest BCUT2D eigenvalue weighted by molar-refractivity contribution is 7.92. The van der Waals surface area contributed by atoms with Crippen LogP contribution in [0.15, 0.2) is 65.6 Å². The zero-order chi connectivity index (χ0) is 36.4. The van der Waals surface area contributed by atoms with Crippen LogP contribution in [-0.4, -0.2) is 59.2 Å². The average molecular weight is 716 g/mol. The van der Waals surface area contributed by atoms with E-state index in [0.29, 0.717) is 24.1 Å². The van der Waals surface area contributed by atoms with Crippen molar-refractivity contribution >= 4 is 21.6 Å². The number of carbonyl (C=O) groups is 1. The van der Waals surface area contributed by atoms with Gasteiger partial charge in [0.2, 0.25) is 0 Å².